The average molecular weight is 227 g/mol. The van der Waals surface area contributed by atoms with Crippen molar-refractivity contribution in [2.75, 3.05) is 6.61 Å². The van der Waals surface area contributed by atoms with Crippen molar-refractivity contribution in [1.82, 2.24) is 4.90 Å². The summed E-state index contributed by atoms with van der Waals surface area (Å²) >= 11 is 0. The van der Waals surface area contributed by atoms with Gasteiger partial charge in [0, 0.05) is 0 Å². The largest absolute Gasteiger partial charge is 0.465 e. The number of hydrogen-bond acceptors (Lipinski definition) is 2. The Kier molecular flexibility index (Phi) is 2.46. The lowest BCUT2D eigenvalue weighted by Gasteiger charge is -2.47. The van der Waals surface area contributed by atoms with E-state index in [-0.39, 0.29) is 23.6 Å². The Hall–Kier alpha value is -0.770. The second-order valence-electron chi connectivity index (χ2n) is 6.14. The first kappa shape index (κ1) is 11.7. The van der Waals surface area contributed by atoms with Gasteiger partial charge in [0.25, 0.3) is 0 Å². The molecule has 4 nitrogen and oxygen atoms in total. The van der Waals surface area contributed by atoms with E-state index in [0.717, 1.165) is 19.3 Å². The van der Waals surface area contributed by atoms with E-state index in [9.17, 15) is 15.0 Å². The molecule has 0 radical (unpaired) electrons. The van der Waals surface area contributed by atoms with Crippen molar-refractivity contribution >= 4 is 6.09 Å². The third-order valence-electron chi connectivity index (χ3n) is 4.43. The Balaban J connectivity index is 2.35. The maximum Gasteiger partial charge on any atom is 0.408 e. The number of carbonyl (C=O) groups is 1. The molecule has 4 heteroatoms. The first-order valence-electron chi connectivity index (χ1n) is 5.97. The third kappa shape index (κ3) is 1.35. The van der Waals surface area contributed by atoms with Crippen molar-refractivity contribution in [3.8, 4) is 0 Å². The average Bonchev–Trinajstić information content (AvgIpc) is 2.89. The molecule has 1 heterocycles. The number of hydrogen-bond donors (Lipinski definition) is 2. The van der Waals surface area contributed by atoms with Gasteiger partial charge >= 0.3 is 6.09 Å². The molecule has 2 N–H and O–H groups in total. The van der Waals surface area contributed by atoms with Gasteiger partial charge in [0.05, 0.1) is 18.2 Å². The molecule has 1 aliphatic heterocycles. The Morgan fingerprint density at radius 1 is 1.44 bits per heavy atom. The Bertz CT molecular complexity index is 310. The number of rotatable bonds is 1. The molecule has 92 valence electrons. The predicted octanol–water partition coefficient (Wildman–Crippen LogP) is 1.93. The molecule has 1 aliphatic carbocycles. The molecule has 0 spiro atoms. The first-order valence-corrected chi connectivity index (χ1v) is 5.97. The Morgan fingerprint density at radius 3 is 2.50 bits per heavy atom. The van der Waals surface area contributed by atoms with Crippen LogP contribution >= 0.6 is 0 Å². The van der Waals surface area contributed by atoms with Gasteiger partial charge in [-0.2, -0.15) is 0 Å². The Morgan fingerprint density at radius 2 is 2.06 bits per heavy atom. The van der Waals surface area contributed by atoms with Crippen molar-refractivity contribution in [3.63, 3.8) is 0 Å². The summed E-state index contributed by atoms with van der Waals surface area (Å²) in [5.74, 6) is 0.492. The summed E-state index contributed by atoms with van der Waals surface area (Å²) in [5.41, 5.74) is -0.283. The molecule has 2 fully saturated rings. The lowest BCUT2D eigenvalue weighted by atomic mass is 9.77. The fraction of sp³-hybridized carbons (Fsp3) is 0.917. The molecule has 2 aliphatic rings. The van der Waals surface area contributed by atoms with Gasteiger partial charge in [0.15, 0.2) is 0 Å². The minimum atomic E-state index is -0.879. The van der Waals surface area contributed by atoms with E-state index in [0.29, 0.717) is 5.92 Å². The van der Waals surface area contributed by atoms with Crippen molar-refractivity contribution in [2.24, 2.45) is 11.3 Å². The molecule has 1 saturated heterocycles. The van der Waals surface area contributed by atoms with E-state index >= 15 is 0 Å². The highest BCUT2D eigenvalue weighted by Gasteiger charge is 2.68. The van der Waals surface area contributed by atoms with E-state index in [2.05, 4.69) is 20.8 Å². The lowest BCUT2D eigenvalue weighted by molar-refractivity contribution is -0.00822. The molecule has 0 bridgehead atoms. The van der Waals surface area contributed by atoms with E-state index < -0.39 is 6.09 Å². The van der Waals surface area contributed by atoms with Gasteiger partial charge in [-0.15, -0.1) is 0 Å². The fourth-order valence-electron chi connectivity index (χ4n) is 3.58. The number of piperidine rings is 1. The molecular formula is C12H21NO3. The van der Waals surface area contributed by atoms with Crippen molar-refractivity contribution in [1.29, 1.82) is 0 Å². The predicted molar refractivity (Wildman–Crippen MR) is 60.3 cm³/mol. The molecular weight excluding hydrogens is 206 g/mol. The van der Waals surface area contributed by atoms with Crippen LogP contribution in [0.15, 0.2) is 0 Å². The monoisotopic (exact) mass is 227 g/mol. The van der Waals surface area contributed by atoms with Crippen molar-refractivity contribution in [2.45, 2.75) is 51.6 Å². The summed E-state index contributed by atoms with van der Waals surface area (Å²) in [6.07, 6.45) is 1.92. The van der Waals surface area contributed by atoms with Crippen LogP contribution in [0.25, 0.3) is 0 Å². The van der Waals surface area contributed by atoms with Gasteiger partial charge in [0.2, 0.25) is 0 Å². The number of nitrogens with zero attached hydrogens (tertiary/aromatic N) is 1. The SMILES string of the molecule is CC(C)(C)[C@@]12C[C@@H]1CC[C@@H](CO)N2C(=O)O. The van der Waals surface area contributed by atoms with Crippen LogP contribution in [0.1, 0.15) is 40.0 Å². The van der Waals surface area contributed by atoms with Crippen LogP contribution in [-0.4, -0.2) is 39.4 Å². The summed E-state index contributed by atoms with van der Waals surface area (Å²) < 4.78 is 0. The molecule has 3 atom stereocenters. The molecule has 0 unspecified atom stereocenters. The van der Waals surface area contributed by atoms with Crippen molar-refractivity contribution in [3.05, 3.63) is 0 Å². The first-order chi connectivity index (χ1) is 7.34. The maximum absolute atomic E-state index is 11.4. The van der Waals surface area contributed by atoms with E-state index in [4.69, 9.17) is 0 Å². The highest BCUT2D eigenvalue weighted by Crippen LogP contribution is 2.63. The van der Waals surface area contributed by atoms with E-state index in [1.54, 1.807) is 4.90 Å². The van der Waals surface area contributed by atoms with Crippen LogP contribution in [0, 0.1) is 11.3 Å². The standard InChI is InChI=1S/C12H21NO3/c1-11(2,3)12-6-8(12)4-5-9(7-14)13(12)10(15)16/h8-9,14H,4-7H2,1-3H3,(H,15,16)/t8-,9-,12+/m0/s1. The zero-order valence-corrected chi connectivity index (χ0v) is 10.2. The number of likely N-dealkylation sites (tertiary alicyclic amines) is 1. The second-order valence-corrected chi connectivity index (χ2v) is 6.14. The van der Waals surface area contributed by atoms with E-state index in [1.165, 1.54) is 0 Å². The van der Waals surface area contributed by atoms with Gasteiger partial charge in [-0.1, -0.05) is 20.8 Å². The zero-order valence-electron chi connectivity index (χ0n) is 10.2. The highest BCUT2D eigenvalue weighted by molar-refractivity contribution is 5.68. The topological polar surface area (TPSA) is 60.8 Å². The minimum Gasteiger partial charge on any atom is -0.465 e. The molecule has 0 aromatic heterocycles. The number of carboxylic acid groups (broad SMARTS) is 1. The minimum absolute atomic E-state index is 0.0517. The van der Waals surface area contributed by atoms with Gasteiger partial charge in [-0.3, -0.25) is 4.90 Å². The van der Waals surface area contributed by atoms with Crippen LogP contribution in [0.3, 0.4) is 0 Å². The van der Waals surface area contributed by atoms with Gasteiger partial charge in [-0.05, 0) is 30.6 Å². The van der Waals surface area contributed by atoms with Gasteiger partial charge in [0.1, 0.15) is 0 Å². The number of fused-ring (bicyclic) bond motifs is 1. The lowest BCUT2D eigenvalue weighted by Crippen LogP contribution is -2.58. The third-order valence-corrected chi connectivity index (χ3v) is 4.43. The number of aliphatic hydroxyl groups is 1. The highest BCUT2D eigenvalue weighted by atomic mass is 16.4. The van der Waals surface area contributed by atoms with Crippen LogP contribution in [0.2, 0.25) is 0 Å². The van der Waals surface area contributed by atoms with Crippen LogP contribution in [-0.2, 0) is 0 Å². The Labute approximate surface area is 96.3 Å². The molecule has 1 amide bonds. The maximum atomic E-state index is 11.4. The van der Waals surface area contributed by atoms with Crippen molar-refractivity contribution < 1.29 is 15.0 Å². The van der Waals surface area contributed by atoms with Gasteiger partial charge in [-0.25, -0.2) is 4.79 Å². The number of amides is 1. The zero-order chi connectivity index (χ0) is 12.1. The fourth-order valence-corrected chi connectivity index (χ4v) is 3.58. The van der Waals surface area contributed by atoms with E-state index in [1.807, 2.05) is 0 Å². The molecule has 0 aromatic rings. The van der Waals surface area contributed by atoms with Crippen LogP contribution < -0.4 is 0 Å². The summed E-state index contributed by atoms with van der Waals surface area (Å²) in [6, 6.07) is -0.213. The molecule has 1 saturated carbocycles. The second kappa shape index (κ2) is 3.36. The molecule has 16 heavy (non-hydrogen) atoms. The van der Waals surface area contributed by atoms with Gasteiger partial charge < -0.3 is 10.2 Å². The molecule has 0 aromatic carbocycles. The smallest absolute Gasteiger partial charge is 0.408 e. The summed E-state index contributed by atoms with van der Waals surface area (Å²) in [4.78, 5) is 13.0. The summed E-state index contributed by atoms with van der Waals surface area (Å²) in [5, 5.41) is 18.7. The number of aliphatic hydroxyl groups excluding tert-OH is 1. The quantitative estimate of drug-likeness (QED) is 0.719. The normalized spacial score (nSPS) is 38.1. The molecule has 2 rings (SSSR count). The van der Waals surface area contributed by atoms with Crippen LogP contribution in [0.4, 0.5) is 4.79 Å². The van der Waals surface area contributed by atoms with Crippen LogP contribution in [0.5, 0.6) is 0 Å². The summed E-state index contributed by atoms with van der Waals surface area (Å²) in [7, 11) is 0. The summed E-state index contributed by atoms with van der Waals surface area (Å²) in [6.45, 7) is 6.24.